The number of fused-ring (bicyclic) bond motifs is 2. The highest BCUT2D eigenvalue weighted by Crippen LogP contribution is 2.53. The first-order valence-corrected chi connectivity index (χ1v) is 16.4. The van der Waals surface area contributed by atoms with Gasteiger partial charge in [0.1, 0.15) is 29.5 Å². The second-order valence-electron chi connectivity index (χ2n) is 11.6. The molecule has 0 spiro atoms. The SMILES string of the molecule is C[C@]1(/C=N/N2CC2c2ccccc2)O[C@@H]1[C@]1(O[Si](C)(C)C)C[C@H]2C=C[C@H](O2)[C@H]1OCc1ccccc1. The van der Waals surface area contributed by atoms with Crippen LogP contribution >= 0.6 is 0 Å². The molecule has 2 aromatic carbocycles. The van der Waals surface area contributed by atoms with Crippen LogP contribution in [-0.2, 0) is 25.2 Å². The van der Waals surface area contributed by atoms with Crippen molar-refractivity contribution in [1.29, 1.82) is 0 Å². The number of epoxide rings is 1. The van der Waals surface area contributed by atoms with Gasteiger partial charge in [0.2, 0.25) is 0 Å². The molecule has 3 fully saturated rings. The van der Waals surface area contributed by atoms with Gasteiger partial charge in [0.05, 0.1) is 31.5 Å². The van der Waals surface area contributed by atoms with Gasteiger partial charge in [-0.1, -0.05) is 72.8 Å². The van der Waals surface area contributed by atoms with E-state index in [0.29, 0.717) is 19.1 Å². The molecule has 4 aliphatic rings. The number of nitrogens with zero attached hydrogens (tertiary/aromatic N) is 2. The van der Waals surface area contributed by atoms with E-state index < -0.39 is 19.5 Å². The van der Waals surface area contributed by atoms with Gasteiger partial charge in [-0.15, -0.1) is 0 Å². The molecule has 0 radical (unpaired) electrons. The summed E-state index contributed by atoms with van der Waals surface area (Å²) in [6.45, 7) is 10.3. The van der Waals surface area contributed by atoms with Gasteiger partial charge >= 0.3 is 0 Å². The van der Waals surface area contributed by atoms with E-state index in [4.69, 9.17) is 23.7 Å². The van der Waals surface area contributed by atoms with E-state index in [-0.39, 0.29) is 24.4 Å². The minimum absolute atomic E-state index is 0.0166. The molecule has 36 heavy (non-hydrogen) atoms. The zero-order valence-corrected chi connectivity index (χ0v) is 22.5. The van der Waals surface area contributed by atoms with Crippen molar-refractivity contribution in [2.24, 2.45) is 5.10 Å². The Hall–Kier alpha value is -2.29. The Morgan fingerprint density at radius 3 is 2.50 bits per heavy atom. The second kappa shape index (κ2) is 8.92. The topological polar surface area (TPSA) is 55.6 Å². The standard InChI is InChI=1S/C29H36N2O4Si/c1-28(20-30-31-18-24(31)22-13-9-6-10-14-22)27(34-28)29(35-36(2,3)4)17-23-15-16-25(33-23)26(29)32-19-21-11-7-5-8-12-21/h5-16,20,23-27H,17-19H2,1-4H3/b30-20+/t23-,24?,25+,26-,27+,28-,29+,31?/m1/s1. The van der Waals surface area contributed by atoms with Crippen molar-refractivity contribution >= 4 is 14.5 Å². The maximum absolute atomic E-state index is 7.07. The molecule has 0 N–H and O–H groups in total. The van der Waals surface area contributed by atoms with E-state index in [1.54, 1.807) is 0 Å². The third-order valence-electron chi connectivity index (χ3n) is 7.43. The molecule has 4 heterocycles. The lowest BCUT2D eigenvalue weighted by Crippen LogP contribution is -2.64. The third-order valence-corrected chi connectivity index (χ3v) is 8.42. The summed E-state index contributed by atoms with van der Waals surface area (Å²) in [7, 11) is -1.97. The number of hydrazone groups is 1. The molecule has 6 rings (SSSR count). The van der Waals surface area contributed by atoms with Crippen LogP contribution < -0.4 is 0 Å². The van der Waals surface area contributed by atoms with Crippen molar-refractivity contribution < 1.29 is 18.6 Å². The molecule has 4 aliphatic heterocycles. The van der Waals surface area contributed by atoms with Crippen LogP contribution in [0.2, 0.25) is 19.6 Å². The summed E-state index contributed by atoms with van der Waals surface area (Å²) < 4.78 is 26.5. The Balaban J connectivity index is 1.24. The van der Waals surface area contributed by atoms with Crippen LogP contribution in [0.4, 0.5) is 0 Å². The van der Waals surface area contributed by atoms with Crippen molar-refractivity contribution in [1.82, 2.24) is 5.01 Å². The van der Waals surface area contributed by atoms with Gasteiger partial charge < -0.3 is 18.6 Å². The minimum atomic E-state index is -1.97. The van der Waals surface area contributed by atoms with E-state index in [0.717, 1.165) is 12.1 Å². The first-order valence-electron chi connectivity index (χ1n) is 13.0. The van der Waals surface area contributed by atoms with Gasteiger partial charge in [0.25, 0.3) is 0 Å². The maximum atomic E-state index is 7.07. The van der Waals surface area contributed by atoms with Crippen molar-refractivity contribution in [2.75, 3.05) is 6.54 Å². The molecule has 0 saturated carbocycles. The zero-order chi connectivity index (χ0) is 25.0. The fourth-order valence-electron chi connectivity index (χ4n) is 5.80. The van der Waals surface area contributed by atoms with Crippen molar-refractivity contribution in [2.45, 2.75) is 81.3 Å². The van der Waals surface area contributed by atoms with Crippen molar-refractivity contribution in [3.63, 3.8) is 0 Å². The molecule has 2 bridgehead atoms. The molecule has 3 saturated heterocycles. The number of hydrogen-bond donors (Lipinski definition) is 0. The summed E-state index contributed by atoms with van der Waals surface area (Å²) in [4.78, 5) is 0. The van der Waals surface area contributed by atoms with Crippen LogP contribution in [0.3, 0.4) is 0 Å². The van der Waals surface area contributed by atoms with E-state index in [9.17, 15) is 0 Å². The van der Waals surface area contributed by atoms with Crippen LogP contribution in [0.15, 0.2) is 77.9 Å². The number of ether oxygens (including phenoxy) is 3. The predicted molar refractivity (Wildman–Crippen MR) is 142 cm³/mol. The van der Waals surface area contributed by atoms with Crippen molar-refractivity contribution in [3.8, 4) is 0 Å². The van der Waals surface area contributed by atoms with Gasteiger partial charge in [0.15, 0.2) is 8.32 Å². The molecule has 0 aromatic heterocycles. The first-order chi connectivity index (χ1) is 17.3. The number of rotatable bonds is 9. The normalized spacial score (nSPS) is 37.0. The van der Waals surface area contributed by atoms with Crippen LogP contribution in [-0.4, -0.2) is 61.7 Å². The van der Waals surface area contributed by atoms with Gasteiger partial charge in [0, 0.05) is 6.42 Å². The summed E-state index contributed by atoms with van der Waals surface area (Å²) in [5.74, 6) is 0. The van der Waals surface area contributed by atoms with Gasteiger partial charge in [-0.05, 0) is 37.7 Å². The highest BCUT2D eigenvalue weighted by Gasteiger charge is 2.70. The maximum Gasteiger partial charge on any atom is 0.184 e. The summed E-state index contributed by atoms with van der Waals surface area (Å²) in [6.07, 6.45) is 6.45. The lowest BCUT2D eigenvalue weighted by atomic mass is 9.80. The van der Waals surface area contributed by atoms with Crippen LogP contribution in [0.25, 0.3) is 0 Å². The Morgan fingerprint density at radius 1 is 1.06 bits per heavy atom. The summed E-state index contributed by atoms with van der Waals surface area (Å²) in [5, 5.41) is 6.94. The molecular weight excluding hydrogens is 468 g/mol. The van der Waals surface area contributed by atoms with Gasteiger partial charge in [-0.3, -0.25) is 5.01 Å². The molecule has 0 aliphatic carbocycles. The Bertz CT molecular complexity index is 1140. The number of benzene rings is 2. The summed E-state index contributed by atoms with van der Waals surface area (Å²) in [6, 6.07) is 21.2. The fourth-order valence-corrected chi connectivity index (χ4v) is 7.25. The average Bonchev–Trinajstić information content (AvgIpc) is 3.74. The average molecular weight is 505 g/mol. The molecule has 7 atom stereocenters. The minimum Gasteiger partial charge on any atom is -0.406 e. The lowest BCUT2D eigenvalue weighted by Gasteiger charge is -2.49. The number of hydrogen-bond acceptors (Lipinski definition) is 6. The molecule has 2 aromatic rings. The Labute approximate surface area is 215 Å². The third kappa shape index (κ3) is 4.71. The Morgan fingerprint density at radius 2 is 1.78 bits per heavy atom. The molecule has 7 heteroatoms. The Kier molecular flexibility index (Phi) is 5.96. The van der Waals surface area contributed by atoms with E-state index in [1.165, 1.54) is 5.56 Å². The highest BCUT2D eigenvalue weighted by atomic mass is 28.4. The van der Waals surface area contributed by atoms with E-state index >= 15 is 0 Å². The first kappa shape index (κ1) is 24.1. The molecule has 190 valence electrons. The highest BCUT2D eigenvalue weighted by molar-refractivity contribution is 6.69. The van der Waals surface area contributed by atoms with Gasteiger partial charge in [-0.2, -0.15) is 5.10 Å². The van der Waals surface area contributed by atoms with Crippen molar-refractivity contribution in [3.05, 3.63) is 83.9 Å². The largest absolute Gasteiger partial charge is 0.406 e. The van der Waals surface area contributed by atoms with Crippen LogP contribution in [0, 0.1) is 0 Å². The summed E-state index contributed by atoms with van der Waals surface area (Å²) >= 11 is 0. The van der Waals surface area contributed by atoms with Crippen LogP contribution in [0.5, 0.6) is 0 Å². The zero-order valence-electron chi connectivity index (χ0n) is 21.5. The van der Waals surface area contributed by atoms with Gasteiger partial charge in [-0.25, -0.2) is 0 Å². The fraction of sp³-hybridized carbons (Fsp3) is 0.483. The van der Waals surface area contributed by atoms with E-state index in [2.05, 4.69) is 80.1 Å². The second-order valence-corrected chi connectivity index (χ2v) is 16.0. The van der Waals surface area contributed by atoms with E-state index in [1.807, 2.05) is 30.5 Å². The monoisotopic (exact) mass is 504 g/mol. The molecule has 0 amide bonds. The van der Waals surface area contributed by atoms with Crippen LogP contribution in [0.1, 0.15) is 30.5 Å². The lowest BCUT2D eigenvalue weighted by molar-refractivity contribution is -0.207. The summed E-state index contributed by atoms with van der Waals surface area (Å²) in [5.41, 5.74) is 1.33. The molecule has 1 unspecified atom stereocenters. The smallest absolute Gasteiger partial charge is 0.184 e. The quantitative estimate of drug-likeness (QED) is 0.206. The molecular formula is C29H36N2O4Si. The molecule has 6 nitrogen and oxygen atoms in total. The predicted octanol–water partition coefficient (Wildman–Crippen LogP) is 5.09.